The van der Waals surface area contributed by atoms with Crippen molar-refractivity contribution in [1.82, 2.24) is 9.80 Å². The molecule has 1 unspecified atom stereocenters. The molecule has 1 aliphatic rings. The number of ether oxygens (including phenoxy) is 1. The van der Waals surface area contributed by atoms with Gasteiger partial charge in [0.25, 0.3) is 0 Å². The number of piperazine rings is 1. The molecule has 0 amide bonds. The van der Waals surface area contributed by atoms with Gasteiger partial charge in [-0.1, -0.05) is 19.1 Å². The third-order valence-electron chi connectivity index (χ3n) is 4.32. The maximum atomic E-state index is 11.1. The van der Waals surface area contributed by atoms with Crippen molar-refractivity contribution in [3.8, 4) is 0 Å². The molecule has 122 valence electrons. The van der Waals surface area contributed by atoms with E-state index in [9.17, 15) is 4.79 Å². The van der Waals surface area contributed by atoms with Gasteiger partial charge in [0.1, 0.15) is 0 Å². The number of hydrogen-bond acceptors (Lipinski definition) is 4. The van der Waals surface area contributed by atoms with Crippen LogP contribution >= 0.6 is 0 Å². The molecule has 1 heterocycles. The van der Waals surface area contributed by atoms with Crippen molar-refractivity contribution in [1.29, 1.82) is 0 Å². The molecule has 22 heavy (non-hydrogen) atoms. The first-order valence-electron chi connectivity index (χ1n) is 7.91. The van der Waals surface area contributed by atoms with Crippen LogP contribution in [0.1, 0.15) is 29.3 Å². The Kier molecular flexibility index (Phi) is 6.36. The largest absolute Gasteiger partial charge is 0.478 e. The lowest BCUT2D eigenvalue weighted by Gasteiger charge is -2.41. The summed E-state index contributed by atoms with van der Waals surface area (Å²) in [6.07, 6.45) is 1.12. The summed E-state index contributed by atoms with van der Waals surface area (Å²) in [4.78, 5) is 16.0. The molecule has 0 radical (unpaired) electrons. The van der Waals surface area contributed by atoms with Crippen molar-refractivity contribution >= 4 is 5.97 Å². The Morgan fingerprint density at radius 3 is 2.91 bits per heavy atom. The standard InChI is InChI=1S/C17H26N2O3/c1-3-16-13-18(7-8-19(16)9-10-22-2)12-14-5-4-6-15(11-14)17(20)21/h4-6,11,16H,3,7-10,12-13H2,1-2H3,(H,20,21). The minimum absolute atomic E-state index is 0.364. The summed E-state index contributed by atoms with van der Waals surface area (Å²) in [6.45, 7) is 7.87. The lowest BCUT2D eigenvalue weighted by molar-refractivity contribution is 0.0465. The topological polar surface area (TPSA) is 53.0 Å². The third-order valence-corrected chi connectivity index (χ3v) is 4.32. The van der Waals surface area contributed by atoms with Crippen LogP contribution in [0.4, 0.5) is 0 Å². The number of aromatic carboxylic acids is 1. The highest BCUT2D eigenvalue weighted by molar-refractivity contribution is 5.87. The van der Waals surface area contributed by atoms with Gasteiger partial charge in [-0.05, 0) is 24.1 Å². The molecule has 2 rings (SSSR count). The van der Waals surface area contributed by atoms with E-state index in [1.807, 2.05) is 12.1 Å². The number of carboxylic acids is 1. The monoisotopic (exact) mass is 306 g/mol. The van der Waals surface area contributed by atoms with E-state index in [2.05, 4.69) is 16.7 Å². The fourth-order valence-electron chi connectivity index (χ4n) is 3.05. The van der Waals surface area contributed by atoms with Crippen LogP contribution in [-0.2, 0) is 11.3 Å². The van der Waals surface area contributed by atoms with E-state index < -0.39 is 5.97 Å². The number of rotatable bonds is 7. The fourth-order valence-corrected chi connectivity index (χ4v) is 3.05. The summed E-state index contributed by atoms with van der Waals surface area (Å²) in [5.41, 5.74) is 1.43. The van der Waals surface area contributed by atoms with E-state index in [1.54, 1.807) is 19.2 Å². The number of carboxylic acid groups (broad SMARTS) is 1. The zero-order valence-electron chi connectivity index (χ0n) is 13.5. The molecular weight excluding hydrogens is 280 g/mol. The number of benzene rings is 1. The molecule has 1 aromatic rings. The van der Waals surface area contributed by atoms with Gasteiger partial charge in [0.15, 0.2) is 0 Å². The molecule has 1 saturated heterocycles. The molecule has 0 aliphatic carbocycles. The molecule has 0 bridgehead atoms. The highest BCUT2D eigenvalue weighted by Crippen LogP contribution is 2.16. The normalized spacial score (nSPS) is 20.2. The maximum Gasteiger partial charge on any atom is 0.335 e. The SMILES string of the molecule is CCC1CN(Cc2cccc(C(=O)O)c2)CCN1CCOC. The van der Waals surface area contributed by atoms with Crippen LogP contribution in [0, 0.1) is 0 Å². The van der Waals surface area contributed by atoms with E-state index in [0.717, 1.165) is 51.3 Å². The molecule has 5 nitrogen and oxygen atoms in total. The second-order valence-electron chi connectivity index (χ2n) is 5.83. The Hall–Kier alpha value is -1.43. The van der Waals surface area contributed by atoms with Crippen molar-refractivity contribution in [3.05, 3.63) is 35.4 Å². The molecule has 5 heteroatoms. The highest BCUT2D eigenvalue weighted by Gasteiger charge is 2.25. The molecular formula is C17H26N2O3. The van der Waals surface area contributed by atoms with Crippen molar-refractivity contribution < 1.29 is 14.6 Å². The van der Waals surface area contributed by atoms with Crippen molar-refractivity contribution in [3.63, 3.8) is 0 Å². The van der Waals surface area contributed by atoms with Gasteiger partial charge in [0.2, 0.25) is 0 Å². The summed E-state index contributed by atoms with van der Waals surface area (Å²) in [7, 11) is 1.74. The lowest BCUT2D eigenvalue weighted by atomic mass is 10.1. The van der Waals surface area contributed by atoms with E-state index >= 15 is 0 Å². The fraction of sp³-hybridized carbons (Fsp3) is 0.588. The Morgan fingerprint density at radius 1 is 1.41 bits per heavy atom. The number of methoxy groups -OCH3 is 1. The van der Waals surface area contributed by atoms with E-state index in [1.165, 1.54) is 0 Å². The Morgan fingerprint density at radius 2 is 2.23 bits per heavy atom. The summed E-state index contributed by atoms with van der Waals surface area (Å²) >= 11 is 0. The van der Waals surface area contributed by atoms with E-state index in [0.29, 0.717) is 11.6 Å². The molecule has 0 aromatic heterocycles. The minimum Gasteiger partial charge on any atom is -0.478 e. The van der Waals surface area contributed by atoms with Crippen molar-refractivity contribution in [2.75, 3.05) is 39.9 Å². The van der Waals surface area contributed by atoms with Gasteiger partial charge < -0.3 is 9.84 Å². The summed E-state index contributed by atoms with van der Waals surface area (Å²) in [6, 6.07) is 7.80. The first-order chi connectivity index (χ1) is 10.6. The number of hydrogen-bond donors (Lipinski definition) is 1. The Bertz CT molecular complexity index is 493. The summed E-state index contributed by atoms with van der Waals surface area (Å²) < 4.78 is 5.18. The molecule has 1 aliphatic heterocycles. The first-order valence-corrected chi connectivity index (χ1v) is 7.91. The summed E-state index contributed by atoms with van der Waals surface area (Å²) in [5.74, 6) is -0.863. The van der Waals surface area contributed by atoms with Crippen LogP contribution < -0.4 is 0 Å². The minimum atomic E-state index is -0.863. The molecule has 1 N–H and O–H groups in total. The maximum absolute atomic E-state index is 11.1. The zero-order valence-corrected chi connectivity index (χ0v) is 13.5. The van der Waals surface area contributed by atoms with Gasteiger partial charge in [-0.25, -0.2) is 4.79 Å². The Labute approximate surface area is 132 Å². The van der Waals surface area contributed by atoms with Gasteiger partial charge in [-0.2, -0.15) is 0 Å². The van der Waals surface area contributed by atoms with E-state index in [4.69, 9.17) is 9.84 Å². The zero-order chi connectivity index (χ0) is 15.9. The Balaban J connectivity index is 1.94. The lowest BCUT2D eigenvalue weighted by Crippen LogP contribution is -2.53. The van der Waals surface area contributed by atoms with Crippen molar-refractivity contribution in [2.45, 2.75) is 25.9 Å². The second-order valence-corrected chi connectivity index (χ2v) is 5.83. The highest BCUT2D eigenvalue weighted by atomic mass is 16.5. The van der Waals surface area contributed by atoms with Gasteiger partial charge in [-0.3, -0.25) is 9.80 Å². The van der Waals surface area contributed by atoms with E-state index in [-0.39, 0.29) is 0 Å². The average Bonchev–Trinajstić information content (AvgIpc) is 2.53. The van der Waals surface area contributed by atoms with Gasteiger partial charge >= 0.3 is 5.97 Å². The van der Waals surface area contributed by atoms with Crippen molar-refractivity contribution in [2.24, 2.45) is 0 Å². The van der Waals surface area contributed by atoms with Gasteiger partial charge in [0.05, 0.1) is 12.2 Å². The van der Waals surface area contributed by atoms with Crippen LogP contribution in [-0.4, -0.2) is 66.8 Å². The molecule has 0 saturated carbocycles. The predicted molar refractivity (Wildman–Crippen MR) is 86.2 cm³/mol. The van der Waals surface area contributed by atoms with Crippen LogP contribution in [0.2, 0.25) is 0 Å². The molecule has 1 aromatic carbocycles. The molecule has 1 fully saturated rings. The molecule has 1 atom stereocenters. The quantitative estimate of drug-likeness (QED) is 0.834. The van der Waals surface area contributed by atoms with Crippen LogP contribution in [0.15, 0.2) is 24.3 Å². The summed E-state index contributed by atoms with van der Waals surface area (Å²) in [5, 5.41) is 9.08. The van der Waals surface area contributed by atoms with Crippen LogP contribution in [0.5, 0.6) is 0 Å². The molecule has 0 spiro atoms. The van der Waals surface area contributed by atoms with Gasteiger partial charge in [0, 0.05) is 45.9 Å². The van der Waals surface area contributed by atoms with Crippen LogP contribution in [0.25, 0.3) is 0 Å². The van der Waals surface area contributed by atoms with Crippen LogP contribution in [0.3, 0.4) is 0 Å². The predicted octanol–water partition coefficient (Wildman–Crippen LogP) is 1.93. The average molecular weight is 306 g/mol. The third kappa shape index (κ3) is 4.53. The first kappa shape index (κ1) is 16.9. The van der Waals surface area contributed by atoms with Gasteiger partial charge in [-0.15, -0.1) is 0 Å². The smallest absolute Gasteiger partial charge is 0.335 e. The number of carbonyl (C=O) groups is 1. The number of nitrogens with zero attached hydrogens (tertiary/aromatic N) is 2. The second kappa shape index (κ2) is 8.27.